The summed E-state index contributed by atoms with van der Waals surface area (Å²) in [6.45, 7) is 4.64. The lowest BCUT2D eigenvalue weighted by Crippen LogP contribution is -2.44. The maximum absolute atomic E-state index is 13.0. The molecule has 9 heteroatoms. The molecule has 0 saturated heterocycles. The molecule has 0 aliphatic rings. The zero-order valence-corrected chi connectivity index (χ0v) is 62.5. The number of likely N-dealkylation sites (N-methyl/N-ethyl adjacent to an activating group) is 1. The summed E-state index contributed by atoms with van der Waals surface area (Å²) >= 11 is 0. The van der Waals surface area contributed by atoms with Crippen LogP contribution < -0.4 is 5.11 Å². The minimum Gasteiger partial charge on any atom is -0.545 e. The zero-order valence-electron chi connectivity index (χ0n) is 62.5. The first-order valence-corrected chi connectivity index (χ1v) is 39.7. The first-order chi connectivity index (χ1) is 46.6. The Bertz CT molecular complexity index is 1980. The third-order valence-corrected chi connectivity index (χ3v) is 17.2. The molecule has 0 aromatic rings. The van der Waals surface area contributed by atoms with Crippen molar-refractivity contribution in [2.75, 3.05) is 47.5 Å². The molecule has 2 unspecified atom stereocenters. The van der Waals surface area contributed by atoms with E-state index < -0.39 is 24.3 Å². The molecule has 0 bridgehead atoms. The molecule has 0 aliphatic heterocycles. The summed E-state index contributed by atoms with van der Waals surface area (Å²) in [5, 5.41) is 11.9. The van der Waals surface area contributed by atoms with Gasteiger partial charge >= 0.3 is 11.9 Å². The molecule has 9 nitrogen and oxygen atoms in total. The number of hydrogen-bond donors (Lipinski definition) is 0. The number of nitrogens with zero attached hydrogens (tertiary/aromatic N) is 1. The zero-order chi connectivity index (χ0) is 69.0. The summed E-state index contributed by atoms with van der Waals surface area (Å²) in [7, 11) is 5.92. The topological polar surface area (TPSA) is 111 Å². The lowest BCUT2D eigenvalue weighted by Gasteiger charge is -2.26. The quantitative estimate of drug-likeness (QED) is 0.0195. The highest BCUT2D eigenvalue weighted by Crippen LogP contribution is 2.19. The van der Waals surface area contributed by atoms with Crippen LogP contribution in [0.2, 0.25) is 0 Å². The van der Waals surface area contributed by atoms with Crippen LogP contribution in [-0.2, 0) is 33.3 Å². The number of ether oxygens (including phenoxy) is 4. The van der Waals surface area contributed by atoms with E-state index in [1.165, 1.54) is 205 Å². The second-order valence-corrected chi connectivity index (χ2v) is 27.6. The van der Waals surface area contributed by atoms with Gasteiger partial charge in [-0.05, 0) is 89.9 Å². The lowest BCUT2D eigenvalue weighted by molar-refractivity contribution is -0.870. The van der Waals surface area contributed by atoms with Gasteiger partial charge in [-0.15, -0.1) is 0 Å². The molecule has 0 heterocycles. The number of carbonyl (C=O) groups is 3. The van der Waals surface area contributed by atoms with Gasteiger partial charge in [0, 0.05) is 12.8 Å². The van der Waals surface area contributed by atoms with Crippen molar-refractivity contribution >= 4 is 17.9 Å². The van der Waals surface area contributed by atoms with Crippen LogP contribution >= 0.6 is 0 Å². The molecular weight excluding hydrogens is 1170 g/mol. The average Bonchev–Trinajstić information content (AvgIpc) is 3.58. The molecule has 0 radical (unpaired) electrons. The summed E-state index contributed by atoms with van der Waals surface area (Å²) in [6.07, 6.45) is 105. The van der Waals surface area contributed by atoms with Crippen molar-refractivity contribution in [1.82, 2.24) is 0 Å². The summed E-state index contributed by atoms with van der Waals surface area (Å²) in [4.78, 5) is 37.6. The van der Waals surface area contributed by atoms with Crippen LogP contribution in [-0.4, -0.2) is 82.3 Å². The molecule has 0 aliphatic carbocycles. The minimum absolute atomic E-state index is 0.138. The van der Waals surface area contributed by atoms with E-state index in [9.17, 15) is 19.5 Å². The molecule has 2 atom stereocenters. The van der Waals surface area contributed by atoms with Crippen LogP contribution in [0.1, 0.15) is 348 Å². The van der Waals surface area contributed by atoms with E-state index in [0.29, 0.717) is 17.4 Å². The van der Waals surface area contributed by atoms with Crippen molar-refractivity contribution in [1.29, 1.82) is 0 Å². The molecule has 0 aromatic carbocycles. The molecule has 0 rings (SSSR count). The number of rotatable bonds is 73. The summed E-state index contributed by atoms with van der Waals surface area (Å²) in [6, 6.07) is 0. The summed E-state index contributed by atoms with van der Waals surface area (Å²) < 4.78 is 22.8. The van der Waals surface area contributed by atoms with Gasteiger partial charge in [-0.25, -0.2) is 0 Å². The van der Waals surface area contributed by atoms with Crippen molar-refractivity contribution in [2.24, 2.45) is 0 Å². The third kappa shape index (κ3) is 76.9. The summed E-state index contributed by atoms with van der Waals surface area (Å²) in [5.41, 5.74) is 0. The highest BCUT2D eigenvalue weighted by molar-refractivity contribution is 5.70. The first-order valence-electron chi connectivity index (χ1n) is 39.7. The molecule has 0 amide bonds. The van der Waals surface area contributed by atoms with Gasteiger partial charge in [-0.1, -0.05) is 367 Å². The average molecular weight is 1330 g/mol. The largest absolute Gasteiger partial charge is 0.545 e. The van der Waals surface area contributed by atoms with Gasteiger partial charge in [0.05, 0.1) is 40.3 Å². The van der Waals surface area contributed by atoms with Crippen LogP contribution in [0.5, 0.6) is 0 Å². The Kier molecular flexibility index (Phi) is 72.0. The standard InChI is InChI=1S/C86H149NO8/c1-6-8-10-12-14-16-18-20-22-24-26-28-30-32-34-36-38-40-42-44-46-48-50-52-54-56-58-60-62-64-66-68-70-72-74-76-83(88)93-80-82(81-94-86(85(90)91)92-79-78-87(3,4)5)95-84(89)77-75-73-71-69-67-65-63-61-59-57-55-53-51-49-47-45-43-41-39-37-35-33-31-29-27-25-23-21-19-17-15-13-11-9-7-2/h9,11,15,17,21,23,27,29,33,35,39,41,45,47,51,53,57,59,63,65,82,86H,6-8,10,12-14,16,18-20,22,24-26,28,30-32,34,36-38,40,42-44,46,48-50,52,54-56,58,60-62,64,66-81H2,1-5H3/b11-9-,17-15-,23-21-,29-27-,35-33-,41-39-,47-45-,53-51-,59-57-,65-63-. The van der Waals surface area contributed by atoms with E-state index >= 15 is 0 Å². The third-order valence-electron chi connectivity index (χ3n) is 17.2. The minimum atomic E-state index is -1.64. The summed E-state index contributed by atoms with van der Waals surface area (Å²) in [5.74, 6) is -2.31. The Hall–Kier alpha value is -4.31. The second-order valence-electron chi connectivity index (χ2n) is 27.6. The first kappa shape index (κ1) is 90.7. The van der Waals surface area contributed by atoms with Gasteiger partial charge in [0.1, 0.15) is 13.2 Å². The van der Waals surface area contributed by atoms with Crippen molar-refractivity contribution in [2.45, 2.75) is 360 Å². The molecule has 546 valence electrons. The SMILES string of the molecule is CC/C=C\C/C=C\C/C=C\C/C=C\C/C=C\C/C=C\C/C=C\C/C=C\C/C=C\C/C=C\CCCCCCC(=O)OC(COC(=O)CCCCCCCCCCCCCCCCCCCCCCCCCCCCCCCCCCCCC)COC(OCC[N+](C)(C)C)C(=O)[O-]. The number of hydrogen-bond acceptors (Lipinski definition) is 8. The van der Waals surface area contributed by atoms with E-state index in [1.807, 2.05) is 21.1 Å². The molecule has 0 fully saturated rings. The van der Waals surface area contributed by atoms with Crippen LogP contribution in [0.4, 0.5) is 0 Å². The van der Waals surface area contributed by atoms with Crippen molar-refractivity contribution < 1.29 is 42.9 Å². The molecule has 0 N–H and O–H groups in total. The number of aliphatic carboxylic acids is 1. The number of unbranched alkanes of at least 4 members (excludes halogenated alkanes) is 38. The van der Waals surface area contributed by atoms with Gasteiger partial charge in [-0.3, -0.25) is 9.59 Å². The van der Waals surface area contributed by atoms with E-state index in [2.05, 4.69) is 135 Å². The Morgan fingerprint density at radius 1 is 0.326 bits per heavy atom. The van der Waals surface area contributed by atoms with Crippen LogP contribution in [0.25, 0.3) is 0 Å². The normalized spacial score (nSPS) is 13.3. The van der Waals surface area contributed by atoms with Gasteiger partial charge < -0.3 is 33.3 Å². The fourth-order valence-electron chi connectivity index (χ4n) is 11.2. The smallest absolute Gasteiger partial charge is 0.306 e. The van der Waals surface area contributed by atoms with Gasteiger partial charge in [0.25, 0.3) is 0 Å². The van der Waals surface area contributed by atoms with Crippen molar-refractivity contribution in [3.8, 4) is 0 Å². The van der Waals surface area contributed by atoms with E-state index in [0.717, 1.165) is 109 Å². The predicted molar refractivity (Wildman–Crippen MR) is 407 cm³/mol. The van der Waals surface area contributed by atoms with Crippen LogP contribution in [0.15, 0.2) is 122 Å². The maximum atomic E-state index is 13.0. The Morgan fingerprint density at radius 3 is 0.895 bits per heavy atom. The molecule has 95 heavy (non-hydrogen) atoms. The number of quaternary nitrogens is 1. The maximum Gasteiger partial charge on any atom is 0.306 e. The number of carbonyl (C=O) groups excluding carboxylic acids is 3. The predicted octanol–water partition coefficient (Wildman–Crippen LogP) is 24.1. The Morgan fingerprint density at radius 2 is 0.600 bits per heavy atom. The number of allylic oxidation sites excluding steroid dienone is 20. The molecule has 0 saturated carbocycles. The number of esters is 2. The number of carboxylic acid groups (broad SMARTS) is 1. The highest BCUT2D eigenvalue weighted by atomic mass is 16.7. The van der Waals surface area contributed by atoms with Gasteiger partial charge in [-0.2, -0.15) is 0 Å². The second kappa shape index (κ2) is 75.5. The Balaban J connectivity index is 4.11. The molecule has 0 spiro atoms. The van der Waals surface area contributed by atoms with Crippen LogP contribution in [0, 0.1) is 0 Å². The fourth-order valence-corrected chi connectivity index (χ4v) is 11.2. The van der Waals surface area contributed by atoms with Gasteiger partial charge in [0.15, 0.2) is 12.4 Å². The van der Waals surface area contributed by atoms with E-state index in [4.69, 9.17) is 18.9 Å². The van der Waals surface area contributed by atoms with Crippen molar-refractivity contribution in [3.05, 3.63) is 122 Å². The van der Waals surface area contributed by atoms with Gasteiger partial charge in [0.2, 0.25) is 0 Å². The lowest BCUT2D eigenvalue weighted by atomic mass is 10.0. The van der Waals surface area contributed by atoms with E-state index in [-0.39, 0.29) is 38.6 Å². The molecule has 0 aromatic heterocycles. The monoisotopic (exact) mass is 1320 g/mol. The fraction of sp³-hybridized carbons (Fsp3) is 0.733. The van der Waals surface area contributed by atoms with E-state index in [1.54, 1.807) is 0 Å². The van der Waals surface area contributed by atoms with Crippen LogP contribution in [0.3, 0.4) is 0 Å². The highest BCUT2D eigenvalue weighted by Gasteiger charge is 2.22. The number of carboxylic acids is 1. The molecular formula is C86H149NO8. The Labute approximate surface area is 587 Å². The van der Waals surface area contributed by atoms with Crippen molar-refractivity contribution in [3.63, 3.8) is 0 Å².